The number of nitrogen functional groups attached to an aromatic ring is 1. The zero-order valence-electron chi connectivity index (χ0n) is 9.12. The Morgan fingerprint density at radius 2 is 1.93 bits per heavy atom. The molecule has 15 heavy (non-hydrogen) atoms. The highest BCUT2D eigenvalue weighted by molar-refractivity contribution is 7.71. The first-order chi connectivity index (χ1) is 7.22. The second kappa shape index (κ2) is 6.50. The second-order valence-corrected chi connectivity index (χ2v) is 3.99. The summed E-state index contributed by atoms with van der Waals surface area (Å²) >= 11 is 4.89. The normalized spacial score (nSPS) is 10.5. The van der Waals surface area contributed by atoms with Crippen molar-refractivity contribution in [2.45, 2.75) is 45.4 Å². The molecule has 0 spiro atoms. The van der Waals surface area contributed by atoms with E-state index in [2.05, 4.69) is 21.9 Å². The van der Waals surface area contributed by atoms with Crippen molar-refractivity contribution >= 4 is 18.2 Å². The fourth-order valence-electron chi connectivity index (χ4n) is 1.46. The molecule has 84 valence electrons. The van der Waals surface area contributed by atoms with Crippen LogP contribution in [0.15, 0.2) is 0 Å². The zero-order chi connectivity index (χ0) is 11.1. The fraction of sp³-hybridized carbons (Fsp3) is 0.700. The predicted molar refractivity (Wildman–Crippen MR) is 64.1 cm³/mol. The van der Waals surface area contributed by atoms with Gasteiger partial charge in [0, 0.05) is 6.42 Å². The van der Waals surface area contributed by atoms with Crippen molar-refractivity contribution in [3.05, 3.63) is 10.6 Å². The number of nitrogens with two attached hydrogens (primary N) is 1. The van der Waals surface area contributed by atoms with Crippen LogP contribution in [0.2, 0.25) is 0 Å². The molecule has 0 radical (unpaired) electrons. The van der Waals surface area contributed by atoms with Crippen molar-refractivity contribution in [2.24, 2.45) is 0 Å². The van der Waals surface area contributed by atoms with E-state index in [4.69, 9.17) is 18.0 Å². The molecule has 1 heterocycles. The summed E-state index contributed by atoms with van der Waals surface area (Å²) in [4.78, 5) is 10.9. The molecule has 0 fully saturated rings. The van der Waals surface area contributed by atoms with Gasteiger partial charge in [-0.05, 0) is 18.6 Å². The van der Waals surface area contributed by atoms with Crippen LogP contribution in [-0.2, 0) is 6.42 Å². The maximum atomic E-state index is 5.54. The van der Waals surface area contributed by atoms with Crippen molar-refractivity contribution in [1.29, 1.82) is 0 Å². The minimum atomic E-state index is 0.329. The first-order valence-electron chi connectivity index (χ1n) is 5.45. The van der Waals surface area contributed by atoms with Crippen molar-refractivity contribution in [3.8, 4) is 0 Å². The monoisotopic (exact) mass is 226 g/mol. The van der Waals surface area contributed by atoms with Gasteiger partial charge in [-0.15, -0.1) is 0 Å². The number of hydrogen-bond donors (Lipinski definition) is 2. The largest absolute Gasteiger partial charge is 0.369 e. The van der Waals surface area contributed by atoms with Gasteiger partial charge in [0.15, 0.2) is 0 Å². The molecule has 0 saturated heterocycles. The van der Waals surface area contributed by atoms with E-state index in [-0.39, 0.29) is 0 Å². The standard InChI is InChI=1S/C10H18N4S/c1-2-3-4-5-6-7-8-12-9(11)14-10(15)13-8/h2-7H2,1H3,(H3,11,12,13,14,15). The third kappa shape index (κ3) is 4.88. The lowest BCUT2D eigenvalue weighted by atomic mass is 10.1. The van der Waals surface area contributed by atoms with Crippen LogP contribution in [0.3, 0.4) is 0 Å². The number of anilines is 1. The Hall–Kier alpha value is -0.970. The molecule has 0 aliphatic carbocycles. The van der Waals surface area contributed by atoms with Crippen LogP contribution in [-0.4, -0.2) is 15.0 Å². The van der Waals surface area contributed by atoms with Crippen molar-refractivity contribution in [3.63, 3.8) is 0 Å². The quantitative estimate of drug-likeness (QED) is 0.578. The third-order valence-corrected chi connectivity index (χ3v) is 2.42. The Labute approximate surface area is 95.3 Å². The Bertz CT molecular complexity index is 348. The average molecular weight is 226 g/mol. The lowest BCUT2D eigenvalue weighted by Gasteiger charge is -2.01. The van der Waals surface area contributed by atoms with E-state index in [1.54, 1.807) is 0 Å². The van der Waals surface area contributed by atoms with E-state index in [1.807, 2.05) is 0 Å². The van der Waals surface area contributed by atoms with Crippen LogP contribution in [0.4, 0.5) is 5.95 Å². The summed E-state index contributed by atoms with van der Waals surface area (Å²) in [6.07, 6.45) is 7.13. The molecule has 0 aliphatic heterocycles. The van der Waals surface area contributed by atoms with Crippen molar-refractivity contribution < 1.29 is 0 Å². The average Bonchev–Trinajstić information content (AvgIpc) is 2.16. The molecule has 0 aliphatic rings. The maximum Gasteiger partial charge on any atom is 0.224 e. The Kier molecular flexibility index (Phi) is 5.25. The van der Waals surface area contributed by atoms with Crippen LogP contribution >= 0.6 is 12.2 Å². The molecule has 0 bridgehead atoms. The fourth-order valence-corrected chi connectivity index (χ4v) is 1.67. The highest BCUT2D eigenvalue weighted by atomic mass is 32.1. The lowest BCUT2D eigenvalue weighted by Crippen LogP contribution is -2.03. The smallest absolute Gasteiger partial charge is 0.224 e. The maximum absolute atomic E-state index is 5.54. The van der Waals surface area contributed by atoms with Gasteiger partial charge in [-0.2, -0.15) is 4.98 Å². The molecule has 1 aromatic heterocycles. The number of rotatable bonds is 6. The molecule has 0 amide bonds. The molecule has 0 unspecified atom stereocenters. The Morgan fingerprint density at radius 3 is 2.60 bits per heavy atom. The summed E-state index contributed by atoms with van der Waals surface area (Å²) in [6, 6.07) is 0. The van der Waals surface area contributed by atoms with E-state index in [0.717, 1.165) is 18.7 Å². The number of nitrogens with one attached hydrogen (secondary N) is 1. The van der Waals surface area contributed by atoms with E-state index in [1.165, 1.54) is 25.7 Å². The van der Waals surface area contributed by atoms with E-state index in [0.29, 0.717) is 10.7 Å². The molecule has 0 aromatic carbocycles. The SMILES string of the molecule is CCCCCCCc1nc(=S)nc(N)[nH]1. The zero-order valence-corrected chi connectivity index (χ0v) is 9.94. The molecule has 0 saturated carbocycles. The first-order valence-corrected chi connectivity index (χ1v) is 5.86. The number of aromatic amines is 1. The molecule has 3 N–H and O–H groups in total. The minimum absolute atomic E-state index is 0.329. The van der Waals surface area contributed by atoms with Crippen LogP contribution in [0.25, 0.3) is 0 Å². The Morgan fingerprint density at radius 1 is 1.20 bits per heavy atom. The number of nitrogens with zero attached hydrogens (tertiary/aromatic N) is 2. The van der Waals surface area contributed by atoms with Crippen molar-refractivity contribution in [1.82, 2.24) is 15.0 Å². The Balaban J connectivity index is 2.34. The number of H-pyrrole nitrogens is 1. The molecular weight excluding hydrogens is 208 g/mol. The van der Waals surface area contributed by atoms with Gasteiger partial charge in [-0.1, -0.05) is 32.6 Å². The summed E-state index contributed by atoms with van der Waals surface area (Å²) in [7, 11) is 0. The van der Waals surface area contributed by atoms with E-state index >= 15 is 0 Å². The predicted octanol–water partition coefficient (Wildman–Crippen LogP) is 2.63. The first kappa shape index (κ1) is 12.1. The minimum Gasteiger partial charge on any atom is -0.369 e. The third-order valence-electron chi connectivity index (χ3n) is 2.24. The van der Waals surface area contributed by atoms with Gasteiger partial charge in [0.05, 0.1) is 0 Å². The summed E-state index contributed by atoms with van der Waals surface area (Å²) in [5, 5.41) is 0. The number of aryl methyl sites for hydroxylation is 1. The number of aromatic nitrogens is 3. The van der Waals surface area contributed by atoms with Gasteiger partial charge in [0.1, 0.15) is 5.82 Å². The summed E-state index contributed by atoms with van der Waals surface area (Å²) in [5.41, 5.74) is 5.54. The van der Waals surface area contributed by atoms with Crippen LogP contribution in [0, 0.1) is 4.77 Å². The van der Waals surface area contributed by atoms with Gasteiger partial charge in [0.2, 0.25) is 10.7 Å². The van der Waals surface area contributed by atoms with Gasteiger partial charge < -0.3 is 10.7 Å². The highest BCUT2D eigenvalue weighted by Crippen LogP contribution is 2.06. The number of hydrogen-bond acceptors (Lipinski definition) is 4. The van der Waals surface area contributed by atoms with Gasteiger partial charge in [0.25, 0.3) is 0 Å². The molecule has 5 heteroatoms. The van der Waals surface area contributed by atoms with E-state index in [9.17, 15) is 0 Å². The molecule has 0 atom stereocenters. The topological polar surface area (TPSA) is 67.6 Å². The summed E-state index contributed by atoms with van der Waals surface area (Å²) < 4.78 is 0.329. The second-order valence-electron chi connectivity index (χ2n) is 3.63. The highest BCUT2D eigenvalue weighted by Gasteiger charge is 1.97. The molecule has 1 aromatic rings. The molecule has 4 nitrogen and oxygen atoms in total. The molecule has 1 rings (SSSR count). The molecular formula is C10H18N4S. The van der Waals surface area contributed by atoms with Crippen LogP contribution in [0.1, 0.15) is 44.9 Å². The summed E-state index contributed by atoms with van der Waals surface area (Å²) in [6.45, 7) is 2.21. The van der Waals surface area contributed by atoms with Gasteiger partial charge in [-0.25, -0.2) is 4.98 Å². The van der Waals surface area contributed by atoms with Crippen LogP contribution < -0.4 is 5.73 Å². The van der Waals surface area contributed by atoms with Gasteiger partial charge in [-0.3, -0.25) is 0 Å². The van der Waals surface area contributed by atoms with Gasteiger partial charge >= 0.3 is 0 Å². The van der Waals surface area contributed by atoms with Crippen molar-refractivity contribution in [2.75, 3.05) is 5.73 Å². The number of unbranched alkanes of at least 4 members (excludes halogenated alkanes) is 4. The van der Waals surface area contributed by atoms with Crippen LogP contribution in [0.5, 0.6) is 0 Å². The summed E-state index contributed by atoms with van der Waals surface area (Å²) in [5.74, 6) is 1.21. The lowest BCUT2D eigenvalue weighted by molar-refractivity contribution is 0.621. The van der Waals surface area contributed by atoms with E-state index < -0.39 is 0 Å².